The third kappa shape index (κ3) is 2.47. The number of rotatable bonds is 3. The van der Waals surface area contributed by atoms with Crippen LogP contribution >= 0.6 is 0 Å². The van der Waals surface area contributed by atoms with E-state index < -0.39 is 5.97 Å². The van der Waals surface area contributed by atoms with Crippen LogP contribution in [0.25, 0.3) is 0 Å². The van der Waals surface area contributed by atoms with Gasteiger partial charge in [-0.1, -0.05) is 6.07 Å². The highest BCUT2D eigenvalue weighted by Crippen LogP contribution is 2.19. The van der Waals surface area contributed by atoms with Gasteiger partial charge in [0, 0.05) is 6.54 Å². The van der Waals surface area contributed by atoms with Crippen molar-refractivity contribution in [2.45, 2.75) is 6.54 Å². The Labute approximate surface area is 82.4 Å². The molecule has 0 fully saturated rings. The first-order valence-electron chi connectivity index (χ1n) is 4.20. The Morgan fingerprint density at radius 1 is 1.43 bits per heavy atom. The van der Waals surface area contributed by atoms with Crippen molar-refractivity contribution in [3.8, 4) is 5.75 Å². The van der Waals surface area contributed by atoms with Gasteiger partial charge in [0.15, 0.2) is 0 Å². The molecule has 0 atom stereocenters. The zero-order valence-corrected chi connectivity index (χ0v) is 8.19. The Kier molecular flexibility index (Phi) is 3.09. The van der Waals surface area contributed by atoms with Crippen LogP contribution < -0.4 is 0 Å². The van der Waals surface area contributed by atoms with Crippen molar-refractivity contribution in [2.75, 3.05) is 14.1 Å². The van der Waals surface area contributed by atoms with E-state index in [2.05, 4.69) is 0 Å². The lowest BCUT2D eigenvalue weighted by molar-refractivity contribution is 0.0693. The molecule has 2 N–H and O–H groups in total. The van der Waals surface area contributed by atoms with Crippen molar-refractivity contribution in [1.29, 1.82) is 0 Å². The van der Waals surface area contributed by atoms with Crippen LogP contribution in [0, 0.1) is 0 Å². The van der Waals surface area contributed by atoms with Gasteiger partial charge in [-0.2, -0.15) is 0 Å². The summed E-state index contributed by atoms with van der Waals surface area (Å²) in [7, 11) is 3.81. The van der Waals surface area contributed by atoms with Crippen LogP contribution in [-0.4, -0.2) is 35.2 Å². The Bertz CT molecular complexity index is 347. The van der Waals surface area contributed by atoms with Crippen LogP contribution in [-0.2, 0) is 6.54 Å². The third-order valence-corrected chi connectivity index (χ3v) is 1.79. The number of phenols is 1. The molecule has 1 rings (SSSR count). The Hall–Kier alpha value is -1.55. The molecule has 4 heteroatoms. The molecule has 0 aromatic heterocycles. The molecule has 0 unspecified atom stereocenters. The third-order valence-electron chi connectivity index (χ3n) is 1.79. The Morgan fingerprint density at radius 2 is 2.07 bits per heavy atom. The normalized spacial score (nSPS) is 10.5. The smallest absolute Gasteiger partial charge is 0.339 e. The molecule has 0 bridgehead atoms. The Morgan fingerprint density at radius 3 is 2.50 bits per heavy atom. The van der Waals surface area contributed by atoms with Crippen molar-refractivity contribution in [3.63, 3.8) is 0 Å². The number of nitrogens with zero attached hydrogens (tertiary/aromatic N) is 1. The molecule has 0 radical (unpaired) electrons. The molecule has 0 aliphatic carbocycles. The number of benzene rings is 1. The number of aromatic carboxylic acids is 1. The first-order chi connectivity index (χ1) is 6.50. The van der Waals surface area contributed by atoms with E-state index in [1.54, 1.807) is 6.07 Å². The SMILES string of the molecule is CN(C)Cc1ccc(C(=O)O)c(O)c1. The van der Waals surface area contributed by atoms with E-state index in [-0.39, 0.29) is 11.3 Å². The topological polar surface area (TPSA) is 60.8 Å². The predicted octanol–water partition coefficient (Wildman–Crippen LogP) is 1.15. The lowest BCUT2D eigenvalue weighted by atomic mass is 10.1. The number of aromatic hydroxyl groups is 1. The minimum atomic E-state index is -1.11. The lowest BCUT2D eigenvalue weighted by Crippen LogP contribution is -2.10. The van der Waals surface area contributed by atoms with Gasteiger partial charge in [-0.25, -0.2) is 4.79 Å². The fraction of sp³-hybridized carbons (Fsp3) is 0.300. The van der Waals surface area contributed by atoms with Gasteiger partial charge < -0.3 is 15.1 Å². The van der Waals surface area contributed by atoms with E-state index in [1.807, 2.05) is 19.0 Å². The van der Waals surface area contributed by atoms with E-state index in [0.717, 1.165) is 5.56 Å². The highest BCUT2D eigenvalue weighted by molar-refractivity contribution is 5.90. The maximum absolute atomic E-state index is 10.6. The summed E-state index contributed by atoms with van der Waals surface area (Å²) in [4.78, 5) is 12.5. The van der Waals surface area contributed by atoms with Gasteiger partial charge >= 0.3 is 5.97 Å². The monoisotopic (exact) mass is 195 g/mol. The molecular weight excluding hydrogens is 182 g/mol. The average molecular weight is 195 g/mol. The van der Waals surface area contributed by atoms with Crippen LogP contribution in [0.5, 0.6) is 5.75 Å². The summed E-state index contributed by atoms with van der Waals surface area (Å²) in [5.41, 5.74) is 0.824. The van der Waals surface area contributed by atoms with Crippen LogP contribution in [0.15, 0.2) is 18.2 Å². The van der Waals surface area contributed by atoms with Crippen molar-refractivity contribution >= 4 is 5.97 Å². The first kappa shape index (κ1) is 10.5. The second kappa shape index (κ2) is 4.11. The molecule has 0 heterocycles. The van der Waals surface area contributed by atoms with Gasteiger partial charge in [0.1, 0.15) is 11.3 Å². The molecule has 0 saturated carbocycles. The summed E-state index contributed by atoms with van der Waals surface area (Å²) < 4.78 is 0. The molecule has 0 saturated heterocycles. The number of hydrogen-bond donors (Lipinski definition) is 2. The molecule has 0 aliphatic rings. The molecular formula is C10H13NO3. The summed E-state index contributed by atoms with van der Waals surface area (Å²) in [5.74, 6) is -1.30. The molecule has 0 aliphatic heterocycles. The minimum Gasteiger partial charge on any atom is -0.507 e. The maximum atomic E-state index is 10.6. The van der Waals surface area contributed by atoms with Gasteiger partial charge in [-0.3, -0.25) is 0 Å². The maximum Gasteiger partial charge on any atom is 0.339 e. The Balaban J connectivity index is 2.94. The van der Waals surface area contributed by atoms with Crippen LogP contribution in [0.2, 0.25) is 0 Å². The lowest BCUT2D eigenvalue weighted by Gasteiger charge is -2.10. The van der Waals surface area contributed by atoms with E-state index >= 15 is 0 Å². The molecule has 76 valence electrons. The standard InChI is InChI=1S/C10H13NO3/c1-11(2)6-7-3-4-8(10(13)14)9(12)5-7/h3-5,12H,6H2,1-2H3,(H,13,14). The van der Waals surface area contributed by atoms with E-state index in [4.69, 9.17) is 5.11 Å². The van der Waals surface area contributed by atoms with Crippen molar-refractivity contribution in [2.24, 2.45) is 0 Å². The van der Waals surface area contributed by atoms with Crippen molar-refractivity contribution in [3.05, 3.63) is 29.3 Å². The van der Waals surface area contributed by atoms with E-state index in [9.17, 15) is 9.90 Å². The molecule has 4 nitrogen and oxygen atoms in total. The van der Waals surface area contributed by atoms with Crippen LogP contribution in [0.3, 0.4) is 0 Å². The number of carboxylic acid groups (broad SMARTS) is 1. The van der Waals surface area contributed by atoms with Gasteiger partial charge in [0.05, 0.1) is 0 Å². The summed E-state index contributed by atoms with van der Waals surface area (Å²) in [6.45, 7) is 0.674. The van der Waals surface area contributed by atoms with E-state index in [0.29, 0.717) is 6.54 Å². The fourth-order valence-corrected chi connectivity index (χ4v) is 1.22. The summed E-state index contributed by atoms with van der Waals surface area (Å²) in [5, 5.41) is 18.0. The second-order valence-corrected chi connectivity index (χ2v) is 3.39. The number of carboxylic acids is 1. The molecule has 1 aromatic carbocycles. The van der Waals surface area contributed by atoms with Crippen molar-refractivity contribution in [1.82, 2.24) is 4.90 Å². The van der Waals surface area contributed by atoms with Gasteiger partial charge in [0.2, 0.25) is 0 Å². The van der Waals surface area contributed by atoms with Crippen LogP contribution in [0.4, 0.5) is 0 Å². The number of carbonyl (C=O) groups is 1. The van der Waals surface area contributed by atoms with Gasteiger partial charge in [-0.05, 0) is 31.8 Å². The quantitative estimate of drug-likeness (QED) is 0.759. The zero-order chi connectivity index (χ0) is 10.7. The predicted molar refractivity (Wildman–Crippen MR) is 52.5 cm³/mol. The number of hydrogen-bond acceptors (Lipinski definition) is 3. The largest absolute Gasteiger partial charge is 0.507 e. The highest BCUT2D eigenvalue weighted by atomic mass is 16.4. The summed E-state index contributed by atoms with van der Waals surface area (Å²) >= 11 is 0. The van der Waals surface area contributed by atoms with E-state index in [1.165, 1.54) is 12.1 Å². The average Bonchev–Trinajstić information content (AvgIpc) is 2.01. The fourth-order valence-electron chi connectivity index (χ4n) is 1.22. The molecule has 1 aromatic rings. The van der Waals surface area contributed by atoms with Gasteiger partial charge in [-0.15, -0.1) is 0 Å². The molecule has 0 amide bonds. The highest BCUT2D eigenvalue weighted by Gasteiger charge is 2.09. The van der Waals surface area contributed by atoms with Gasteiger partial charge in [0.25, 0.3) is 0 Å². The molecule has 14 heavy (non-hydrogen) atoms. The molecule has 0 spiro atoms. The van der Waals surface area contributed by atoms with Crippen LogP contribution in [0.1, 0.15) is 15.9 Å². The minimum absolute atomic E-state index is 0.0625. The van der Waals surface area contributed by atoms with Crippen molar-refractivity contribution < 1.29 is 15.0 Å². The first-order valence-corrected chi connectivity index (χ1v) is 4.20. The summed E-state index contributed by atoms with van der Waals surface area (Å²) in [6, 6.07) is 4.59. The summed E-state index contributed by atoms with van der Waals surface area (Å²) in [6.07, 6.45) is 0. The zero-order valence-electron chi connectivity index (χ0n) is 8.19. The second-order valence-electron chi connectivity index (χ2n) is 3.39.